The van der Waals surface area contributed by atoms with E-state index in [1.54, 1.807) is 6.08 Å². The quantitative estimate of drug-likeness (QED) is 0.379. The van der Waals surface area contributed by atoms with Crippen molar-refractivity contribution in [3.8, 4) is 0 Å². The van der Waals surface area contributed by atoms with Crippen LogP contribution in [0.25, 0.3) is 0 Å². The minimum atomic E-state index is -1.23. The van der Waals surface area contributed by atoms with Gasteiger partial charge in [0.25, 0.3) is 0 Å². The third-order valence-corrected chi connectivity index (χ3v) is 2.05. The average molecular weight is 226 g/mol. The van der Waals surface area contributed by atoms with E-state index in [9.17, 15) is 9.59 Å². The Labute approximate surface area is 95.3 Å². The van der Waals surface area contributed by atoms with Crippen LogP contribution in [0.15, 0.2) is 23.8 Å². The van der Waals surface area contributed by atoms with E-state index in [2.05, 4.69) is 6.92 Å². The number of aliphatic carboxylic acids is 2. The normalized spacial score (nSPS) is 11.9. The highest BCUT2D eigenvalue weighted by molar-refractivity contribution is 5.94. The van der Waals surface area contributed by atoms with E-state index in [4.69, 9.17) is 10.2 Å². The summed E-state index contributed by atoms with van der Waals surface area (Å²) in [7, 11) is 0. The maximum Gasteiger partial charge on any atom is 0.332 e. The van der Waals surface area contributed by atoms with Crippen molar-refractivity contribution in [2.24, 2.45) is 0 Å². The van der Waals surface area contributed by atoms with Gasteiger partial charge in [0.05, 0.1) is 0 Å². The van der Waals surface area contributed by atoms with Gasteiger partial charge >= 0.3 is 11.9 Å². The molecular formula is C12H18O4. The number of carboxylic acid groups (broad SMARTS) is 2. The molecule has 0 bridgehead atoms. The van der Waals surface area contributed by atoms with Crippen molar-refractivity contribution >= 4 is 11.9 Å². The number of hydrogen-bond acceptors (Lipinski definition) is 2. The molecule has 0 spiro atoms. The van der Waals surface area contributed by atoms with Crippen molar-refractivity contribution in [2.75, 3.05) is 0 Å². The Kier molecular flexibility index (Phi) is 7.85. The summed E-state index contributed by atoms with van der Waals surface area (Å²) in [6.45, 7) is 2.11. The van der Waals surface area contributed by atoms with Crippen LogP contribution in [0, 0.1) is 0 Å². The number of unbranched alkanes of at least 4 members (excludes halogenated alkanes) is 3. The first-order valence-corrected chi connectivity index (χ1v) is 5.39. The fourth-order valence-corrected chi connectivity index (χ4v) is 1.20. The molecule has 0 amide bonds. The van der Waals surface area contributed by atoms with Crippen LogP contribution in [0.1, 0.15) is 39.0 Å². The minimum Gasteiger partial charge on any atom is -0.478 e. The molecule has 0 heterocycles. The predicted octanol–water partition coefficient (Wildman–Crippen LogP) is 2.61. The van der Waals surface area contributed by atoms with E-state index in [1.807, 2.05) is 6.08 Å². The van der Waals surface area contributed by atoms with Gasteiger partial charge in [-0.25, -0.2) is 9.59 Å². The van der Waals surface area contributed by atoms with Gasteiger partial charge in [0, 0.05) is 11.6 Å². The van der Waals surface area contributed by atoms with E-state index in [1.165, 1.54) is 0 Å². The van der Waals surface area contributed by atoms with Crippen LogP contribution >= 0.6 is 0 Å². The van der Waals surface area contributed by atoms with Crippen molar-refractivity contribution in [3.05, 3.63) is 23.8 Å². The SMILES string of the molecule is CCCCC/C=C/C/C(=C/C(=O)O)C(=O)O. The van der Waals surface area contributed by atoms with Gasteiger partial charge in [-0.1, -0.05) is 31.9 Å². The average Bonchev–Trinajstić information content (AvgIpc) is 2.20. The number of hydrogen-bond donors (Lipinski definition) is 2. The molecule has 0 aromatic rings. The third kappa shape index (κ3) is 7.79. The molecule has 0 saturated heterocycles. The zero-order valence-electron chi connectivity index (χ0n) is 9.48. The van der Waals surface area contributed by atoms with Crippen molar-refractivity contribution in [1.29, 1.82) is 0 Å². The molecular weight excluding hydrogens is 208 g/mol. The topological polar surface area (TPSA) is 74.6 Å². The lowest BCUT2D eigenvalue weighted by Gasteiger charge is -1.96. The number of carbonyl (C=O) groups is 2. The van der Waals surface area contributed by atoms with Crippen LogP contribution in [-0.4, -0.2) is 22.2 Å². The molecule has 90 valence electrons. The molecule has 0 rings (SSSR count). The monoisotopic (exact) mass is 226 g/mol. The minimum absolute atomic E-state index is 0.0979. The summed E-state index contributed by atoms with van der Waals surface area (Å²) in [6.07, 6.45) is 8.79. The van der Waals surface area contributed by atoms with Crippen LogP contribution in [-0.2, 0) is 9.59 Å². The standard InChI is InChI=1S/C12H18O4/c1-2-3-4-5-6-7-8-10(12(15)16)9-11(13)14/h6-7,9H,2-5,8H2,1H3,(H,13,14)(H,15,16)/b7-6+,10-9-. The third-order valence-electron chi connectivity index (χ3n) is 2.05. The van der Waals surface area contributed by atoms with Gasteiger partial charge in [-0.2, -0.15) is 0 Å². The summed E-state index contributed by atoms with van der Waals surface area (Å²) in [6, 6.07) is 0. The summed E-state index contributed by atoms with van der Waals surface area (Å²) in [5, 5.41) is 17.1. The maximum absolute atomic E-state index is 10.6. The van der Waals surface area contributed by atoms with Gasteiger partial charge in [0.2, 0.25) is 0 Å². The number of allylic oxidation sites excluding steroid dienone is 2. The van der Waals surface area contributed by atoms with Crippen LogP contribution in [0.5, 0.6) is 0 Å². The first kappa shape index (κ1) is 14.4. The van der Waals surface area contributed by atoms with Crippen LogP contribution in [0.4, 0.5) is 0 Å². The molecule has 16 heavy (non-hydrogen) atoms. The van der Waals surface area contributed by atoms with Gasteiger partial charge in [-0.15, -0.1) is 0 Å². The molecule has 2 N–H and O–H groups in total. The second-order valence-corrected chi connectivity index (χ2v) is 3.48. The number of carboxylic acids is 2. The summed E-state index contributed by atoms with van der Waals surface area (Å²) in [5.41, 5.74) is -0.0979. The lowest BCUT2D eigenvalue weighted by atomic mass is 10.1. The molecule has 0 atom stereocenters. The van der Waals surface area contributed by atoms with E-state index >= 15 is 0 Å². The second kappa shape index (κ2) is 8.71. The van der Waals surface area contributed by atoms with Crippen molar-refractivity contribution in [3.63, 3.8) is 0 Å². The molecule has 0 aliphatic carbocycles. The van der Waals surface area contributed by atoms with Crippen molar-refractivity contribution < 1.29 is 19.8 Å². The highest BCUT2D eigenvalue weighted by atomic mass is 16.4. The summed E-state index contributed by atoms with van der Waals surface area (Å²) in [5.74, 6) is -2.41. The Balaban J connectivity index is 4.03. The molecule has 0 aromatic carbocycles. The van der Waals surface area contributed by atoms with E-state index in [0.717, 1.165) is 31.8 Å². The fraction of sp³-hybridized carbons (Fsp3) is 0.500. The molecule has 4 nitrogen and oxygen atoms in total. The first-order chi connectivity index (χ1) is 7.57. The van der Waals surface area contributed by atoms with E-state index in [-0.39, 0.29) is 12.0 Å². The Morgan fingerprint density at radius 1 is 1.12 bits per heavy atom. The van der Waals surface area contributed by atoms with Crippen LogP contribution < -0.4 is 0 Å². The molecule has 0 unspecified atom stereocenters. The van der Waals surface area contributed by atoms with E-state index in [0.29, 0.717) is 0 Å². The Bertz CT molecular complexity index is 289. The Morgan fingerprint density at radius 3 is 2.31 bits per heavy atom. The molecule has 0 aliphatic rings. The zero-order valence-corrected chi connectivity index (χ0v) is 9.48. The smallest absolute Gasteiger partial charge is 0.332 e. The summed E-state index contributed by atoms with van der Waals surface area (Å²) >= 11 is 0. The summed E-state index contributed by atoms with van der Waals surface area (Å²) in [4.78, 5) is 21.0. The molecule has 0 aromatic heterocycles. The number of rotatable bonds is 8. The lowest BCUT2D eigenvalue weighted by Crippen LogP contribution is -2.03. The van der Waals surface area contributed by atoms with Crippen molar-refractivity contribution in [1.82, 2.24) is 0 Å². The molecule has 0 radical (unpaired) electrons. The van der Waals surface area contributed by atoms with Gasteiger partial charge in [0.15, 0.2) is 0 Å². The van der Waals surface area contributed by atoms with Gasteiger partial charge < -0.3 is 10.2 Å². The highest BCUT2D eigenvalue weighted by Gasteiger charge is 2.06. The molecule has 0 saturated carbocycles. The lowest BCUT2D eigenvalue weighted by molar-refractivity contribution is -0.135. The Hall–Kier alpha value is -1.58. The predicted molar refractivity (Wildman–Crippen MR) is 61.3 cm³/mol. The zero-order chi connectivity index (χ0) is 12.4. The van der Waals surface area contributed by atoms with Crippen molar-refractivity contribution in [2.45, 2.75) is 39.0 Å². The largest absolute Gasteiger partial charge is 0.478 e. The highest BCUT2D eigenvalue weighted by Crippen LogP contribution is 2.05. The van der Waals surface area contributed by atoms with Gasteiger partial charge in [-0.3, -0.25) is 0 Å². The second-order valence-electron chi connectivity index (χ2n) is 3.48. The van der Waals surface area contributed by atoms with Crippen LogP contribution in [0.2, 0.25) is 0 Å². The molecule has 4 heteroatoms. The Morgan fingerprint density at radius 2 is 1.81 bits per heavy atom. The first-order valence-electron chi connectivity index (χ1n) is 5.39. The summed E-state index contributed by atoms with van der Waals surface area (Å²) < 4.78 is 0. The van der Waals surface area contributed by atoms with Gasteiger partial charge in [0.1, 0.15) is 0 Å². The van der Waals surface area contributed by atoms with Gasteiger partial charge in [-0.05, 0) is 19.3 Å². The van der Waals surface area contributed by atoms with Crippen LogP contribution in [0.3, 0.4) is 0 Å². The maximum atomic E-state index is 10.6. The van der Waals surface area contributed by atoms with E-state index < -0.39 is 11.9 Å². The molecule has 0 aliphatic heterocycles. The fourth-order valence-electron chi connectivity index (χ4n) is 1.20. The molecule has 0 fully saturated rings.